The molecule has 4 heteroatoms. The zero-order valence-corrected chi connectivity index (χ0v) is 13.1. The second kappa shape index (κ2) is 6.85. The third kappa shape index (κ3) is 4.16. The topological polar surface area (TPSA) is 37.8 Å². The monoisotopic (exact) mass is 321 g/mol. The van der Waals surface area contributed by atoms with Crippen LogP contribution in [0.2, 0.25) is 0 Å². The summed E-state index contributed by atoms with van der Waals surface area (Å²) in [6.07, 6.45) is 7.40. The number of aromatic nitrogens is 2. The maximum absolute atomic E-state index is 4.44. The number of halogens is 1. The Bertz CT molecular complexity index is 540. The summed E-state index contributed by atoms with van der Waals surface area (Å²) in [5, 5.41) is 3.46. The highest BCUT2D eigenvalue weighted by molar-refractivity contribution is 9.10. The maximum Gasteiger partial charge on any atom is 0.112 e. The van der Waals surface area contributed by atoms with Gasteiger partial charge in [-0.25, -0.2) is 0 Å². The number of nitrogens with zero attached hydrogens (tertiary/aromatic N) is 2. The molecular formula is C15H20BrN3. The molecule has 0 spiro atoms. The molecule has 102 valence electrons. The minimum Gasteiger partial charge on any atom is -0.383 e. The Labute approximate surface area is 123 Å². The average molecular weight is 322 g/mol. The highest BCUT2D eigenvalue weighted by Gasteiger charge is 2.03. The van der Waals surface area contributed by atoms with Gasteiger partial charge < -0.3 is 5.32 Å². The van der Waals surface area contributed by atoms with Crippen molar-refractivity contribution in [3.05, 3.63) is 29.0 Å². The van der Waals surface area contributed by atoms with Gasteiger partial charge in [-0.2, -0.15) is 0 Å². The molecule has 0 aromatic carbocycles. The van der Waals surface area contributed by atoms with E-state index in [9.17, 15) is 0 Å². The summed E-state index contributed by atoms with van der Waals surface area (Å²) >= 11 is 3.42. The van der Waals surface area contributed by atoms with Gasteiger partial charge in [0.15, 0.2) is 0 Å². The van der Waals surface area contributed by atoms with Gasteiger partial charge in [-0.05, 0) is 40.4 Å². The Hall–Kier alpha value is -1.16. The molecule has 0 aliphatic rings. The number of fused-ring (bicyclic) bond motifs is 1. The lowest BCUT2D eigenvalue weighted by Gasteiger charge is -2.09. The van der Waals surface area contributed by atoms with Crippen molar-refractivity contribution in [1.29, 1.82) is 0 Å². The summed E-state index contributed by atoms with van der Waals surface area (Å²) in [6.45, 7) is 5.53. The van der Waals surface area contributed by atoms with Crippen molar-refractivity contribution >= 4 is 32.7 Å². The van der Waals surface area contributed by atoms with Crippen molar-refractivity contribution < 1.29 is 0 Å². The molecular weight excluding hydrogens is 302 g/mol. The Morgan fingerprint density at radius 3 is 2.89 bits per heavy atom. The number of rotatable bonds is 6. The number of hydrogen-bond donors (Lipinski definition) is 1. The first-order valence-corrected chi connectivity index (χ1v) is 7.60. The highest BCUT2D eigenvalue weighted by Crippen LogP contribution is 2.22. The molecule has 19 heavy (non-hydrogen) atoms. The van der Waals surface area contributed by atoms with E-state index in [-0.39, 0.29) is 0 Å². The van der Waals surface area contributed by atoms with Crippen molar-refractivity contribution in [3.63, 3.8) is 0 Å². The largest absolute Gasteiger partial charge is 0.383 e. The molecule has 0 saturated heterocycles. The third-order valence-corrected chi connectivity index (χ3v) is 3.50. The molecule has 2 aromatic rings. The van der Waals surface area contributed by atoms with Crippen molar-refractivity contribution in [1.82, 2.24) is 9.97 Å². The molecule has 0 fully saturated rings. The first-order chi connectivity index (χ1) is 9.16. The van der Waals surface area contributed by atoms with Crippen LogP contribution < -0.4 is 5.32 Å². The van der Waals surface area contributed by atoms with E-state index >= 15 is 0 Å². The van der Waals surface area contributed by atoms with Gasteiger partial charge in [-0.15, -0.1) is 0 Å². The zero-order chi connectivity index (χ0) is 13.7. The summed E-state index contributed by atoms with van der Waals surface area (Å²) in [5.74, 6) is 0.792. The van der Waals surface area contributed by atoms with Gasteiger partial charge in [-0.1, -0.05) is 26.7 Å². The Morgan fingerprint density at radius 1 is 1.26 bits per heavy atom. The SMILES string of the molecule is CC(C)CCCCNc1ccnc2cc(Br)cnc12. The Morgan fingerprint density at radius 2 is 2.11 bits per heavy atom. The van der Waals surface area contributed by atoms with Crippen LogP contribution in [-0.2, 0) is 0 Å². The summed E-state index contributed by atoms with van der Waals surface area (Å²) in [5.41, 5.74) is 2.93. The molecule has 0 unspecified atom stereocenters. The second-order valence-electron chi connectivity index (χ2n) is 5.20. The van der Waals surface area contributed by atoms with Gasteiger partial charge in [0.2, 0.25) is 0 Å². The fourth-order valence-corrected chi connectivity index (χ4v) is 2.37. The number of nitrogens with one attached hydrogen (secondary N) is 1. The standard InChI is InChI=1S/C15H20BrN3/c1-11(2)5-3-4-7-17-13-6-8-18-14-9-12(16)10-19-15(13)14/h6,8-11H,3-5,7H2,1-2H3,(H,17,18). The normalized spacial score (nSPS) is 11.2. The molecule has 0 saturated carbocycles. The molecule has 2 heterocycles. The number of anilines is 1. The molecule has 0 amide bonds. The van der Waals surface area contributed by atoms with Gasteiger partial charge >= 0.3 is 0 Å². The lowest BCUT2D eigenvalue weighted by Crippen LogP contribution is -2.03. The van der Waals surface area contributed by atoms with Crippen molar-refractivity contribution in [2.75, 3.05) is 11.9 Å². The van der Waals surface area contributed by atoms with E-state index in [1.807, 2.05) is 24.5 Å². The first-order valence-electron chi connectivity index (χ1n) is 6.81. The molecule has 0 radical (unpaired) electrons. The van der Waals surface area contributed by atoms with E-state index in [1.54, 1.807) is 0 Å². The van der Waals surface area contributed by atoms with Crippen LogP contribution in [0.25, 0.3) is 11.0 Å². The number of pyridine rings is 2. The number of hydrogen-bond acceptors (Lipinski definition) is 3. The smallest absolute Gasteiger partial charge is 0.112 e. The van der Waals surface area contributed by atoms with Crippen molar-refractivity contribution in [2.45, 2.75) is 33.1 Å². The van der Waals surface area contributed by atoms with Crippen LogP contribution in [0.5, 0.6) is 0 Å². The molecule has 2 rings (SSSR count). The molecule has 0 atom stereocenters. The fraction of sp³-hybridized carbons (Fsp3) is 0.467. The summed E-state index contributed by atoms with van der Waals surface area (Å²) in [7, 11) is 0. The molecule has 0 aliphatic carbocycles. The van der Waals surface area contributed by atoms with Crippen LogP contribution in [0, 0.1) is 5.92 Å². The summed E-state index contributed by atoms with van der Waals surface area (Å²) in [4.78, 5) is 8.77. The minimum absolute atomic E-state index is 0.792. The first kappa shape index (κ1) is 14.3. The van der Waals surface area contributed by atoms with E-state index in [4.69, 9.17) is 0 Å². The van der Waals surface area contributed by atoms with Crippen LogP contribution in [0.4, 0.5) is 5.69 Å². The average Bonchev–Trinajstić information content (AvgIpc) is 2.37. The van der Waals surface area contributed by atoms with Crippen LogP contribution in [0.1, 0.15) is 33.1 Å². The predicted octanol–water partition coefficient (Wildman–Crippen LogP) is 4.63. The van der Waals surface area contributed by atoms with Gasteiger partial charge in [0.25, 0.3) is 0 Å². The second-order valence-corrected chi connectivity index (χ2v) is 6.11. The van der Waals surface area contributed by atoms with Gasteiger partial charge in [0.1, 0.15) is 5.52 Å². The quantitative estimate of drug-likeness (QED) is 0.788. The van der Waals surface area contributed by atoms with Gasteiger partial charge in [-0.3, -0.25) is 9.97 Å². The van der Waals surface area contributed by atoms with Crippen LogP contribution >= 0.6 is 15.9 Å². The Balaban J connectivity index is 1.97. The van der Waals surface area contributed by atoms with Gasteiger partial charge in [0, 0.05) is 23.4 Å². The van der Waals surface area contributed by atoms with Crippen LogP contribution in [0.15, 0.2) is 29.0 Å². The lowest BCUT2D eigenvalue weighted by molar-refractivity contribution is 0.545. The van der Waals surface area contributed by atoms with E-state index in [1.165, 1.54) is 19.3 Å². The molecule has 3 nitrogen and oxygen atoms in total. The van der Waals surface area contributed by atoms with Crippen molar-refractivity contribution in [2.24, 2.45) is 5.92 Å². The summed E-state index contributed by atoms with van der Waals surface area (Å²) in [6, 6.07) is 3.98. The molecule has 0 aliphatic heterocycles. The minimum atomic E-state index is 0.792. The van der Waals surface area contributed by atoms with E-state index in [0.29, 0.717) is 0 Å². The van der Waals surface area contributed by atoms with Crippen molar-refractivity contribution in [3.8, 4) is 0 Å². The van der Waals surface area contributed by atoms with Gasteiger partial charge in [0.05, 0.1) is 11.2 Å². The lowest BCUT2D eigenvalue weighted by atomic mass is 10.1. The molecule has 2 aromatic heterocycles. The predicted molar refractivity (Wildman–Crippen MR) is 84.4 cm³/mol. The molecule has 0 bridgehead atoms. The van der Waals surface area contributed by atoms with E-state index < -0.39 is 0 Å². The fourth-order valence-electron chi connectivity index (χ4n) is 2.05. The van der Waals surface area contributed by atoms with Crippen LogP contribution in [0.3, 0.4) is 0 Å². The summed E-state index contributed by atoms with van der Waals surface area (Å²) < 4.78 is 0.960. The molecule has 1 N–H and O–H groups in total. The third-order valence-electron chi connectivity index (χ3n) is 3.07. The van der Waals surface area contributed by atoms with E-state index in [0.717, 1.165) is 33.7 Å². The zero-order valence-electron chi connectivity index (χ0n) is 11.5. The highest BCUT2D eigenvalue weighted by atomic mass is 79.9. The maximum atomic E-state index is 4.44. The van der Waals surface area contributed by atoms with E-state index in [2.05, 4.69) is 45.1 Å². The number of unbranched alkanes of at least 4 members (excludes halogenated alkanes) is 1. The van der Waals surface area contributed by atoms with Crippen LogP contribution in [-0.4, -0.2) is 16.5 Å². The Kier molecular flexibility index (Phi) is 5.14.